The van der Waals surface area contributed by atoms with Gasteiger partial charge in [-0.2, -0.15) is 0 Å². The second kappa shape index (κ2) is 8.71. The lowest BCUT2D eigenvalue weighted by atomic mass is 10.0. The van der Waals surface area contributed by atoms with Gasteiger partial charge in [-0.25, -0.2) is 0 Å². The normalized spacial score (nSPS) is 23.9. The van der Waals surface area contributed by atoms with Crippen molar-refractivity contribution < 1.29 is 19.4 Å². The van der Waals surface area contributed by atoms with E-state index in [9.17, 15) is 9.90 Å². The molecule has 0 spiro atoms. The smallest absolute Gasteiger partial charge is 0.251 e. The molecule has 1 saturated heterocycles. The minimum atomic E-state index is -1.08. The first kappa shape index (κ1) is 16.7. The summed E-state index contributed by atoms with van der Waals surface area (Å²) in [5, 5.41) is 12.9. The van der Waals surface area contributed by atoms with Crippen molar-refractivity contribution in [2.45, 2.75) is 57.7 Å². The summed E-state index contributed by atoms with van der Waals surface area (Å²) in [5.41, 5.74) is 0. The van der Waals surface area contributed by atoms with Crippen molar-refractivity contribution in [3.05, 3.63) is 0 Å². The van der Waals surface area contributed by atoms with E-state index in [1.54, 1.807) is 6.92 Å². The maximum absolute atomic E-state index is 11.9. The van der Waals surface area contributed by atoms with Crippen LogP contribution in [0.1, 0.15) is 45.4 Å². The summed E-state index contributed by atoms with van der Waals surface area (Å²) in [6.45, 7) is 4.61. The topological polar surface area (TPSA) is 67.8 Å². The summed E-state index contributed by atoms with van der Waals surface area (Å²) >= 11 is 0. The van der Waals surface area contributed by atoms with Crippen LogP contribution in [-0.4, -0.2) is 49.6 Å². The van der Waals surface area contributed by atoms with Crippen LogP contribution >= 0.6 is 0 Å². The van der Waals surface area contributed by atoms with Gasteiger partial charge in [0.1, 0.15) is 0 Å². The third kappa shape index (κ3) is 5.57. The molecule has 0 aromatic rings. The van der Waals surface area contributed by atoms with Gasteiger partial charge in [0.25, 0.3) is 5.91 Å². The fraction of sp³-hybridized carbons (Fsp3) is 0.938. The van der Waals surface area contributed by atoms with Crippen LogP contribution in [0.5, 0.6) is 0 Å². The third-order valence-corrected chi connectivity index (χ3v) is 4.69. The molecule has 2 unspecified atom stereocenters. The molecule has 21 heavy (non-hydrogen) atoms. The zero-order valence-electron chi connectivity index (χ0n) is 13.1. The molecule has 0 aromatic heterocycles. The minimum absolute atomic E-state index is 0.304. The predicted octanol–water partition coefficient (Wildman–Crippen LogP) is 1.49. The molecule has 2 rings (SSSR count). The summed E-state index contributed by atoms with van der Waals surface area (Å²) in [4.78, 5) is 11.9. The number of carbonyl (C=O) groups is 1. The highest BCUT2D eigenvalue weighted by molar-refractivity contribution is 5.81. The SMILES string of the molecule is CC(OCC1CCOCC1)C(O)C(=O)NCC1CCCC1. The van der Waals surface area contributed by atoms with Crippen molar-refractivity contribution in [3.63, 3.8) is 0 Å². The van der Waals surface area contributed by atoms with Crippen LogP contribution in [0.25, 0.3) is 0 Å². The summed E-state index contributed by atoms with van der Waals surface area (Å²) < 4.78 is 11.0. The van der Waals surface area contributed by atoms with E-state index in [1.807, 2.05) is 0 Å². The Hall–Kier alpha value is -0.650. The number of amides is 1. The van der Waals surface area contributed by atoms with Crippen LogP contribution in [0, 0.1) is 11.8 Å². The van der Waals surface area contributed by atoms with Crippen LogP contribution in [0.3, 0.4) is 0 Å². The standard InChI is InChI=1S/C16H29NO4/c1-12(21-11-14-6-8-20-9-7-14)15(18)16(19)17-10-13-4-2-3-5-13/h12-15,18H,2-11H2,1H3,(H,17,19). The number of aliphatic hydroxyl groups is 1. The molecule has 0 bridgehead atoms. The molecule has 2 fully saturated rings. The maximum atomic E-state index is 11.9. The van der Waals surface area contributed by atoms with E-state index in [1.165, 1.54) is 25.7 Å². The third-order valence-electron chi connectivity index (χ3n) is 4.69. The molecule has 2 atom stereocenters. The highest BCUT2D eigenvalue weighted by Gasteiger charge is 2.25. The van der Waals surface area contributed by atoms with Gasteiger partial charge in [0.2, 0.25) is 0 Å². The van der Waals surface area contributed by atoms with E-state index >= 15 is 0 Å². The number of hydrogen-bond donors (Lipinski definition) is 2. The number of nitrogens with one attached hydrogen (secondary N) is 1. The zero-order chi connectivity index (χ0) is 15.1. The van der Waals surface area contributed by atoms with Gasteiger partial charge < -0.3 is 19.9 Å². The molecule has 5 nitrogen and oxygen atoms in total. The van der Waals surface area contributed by atoms with Crippen LogP contribution in [0.4, 0.5) is 0 Å². The molecule has 1 saturated carbocycles. The van der Waals surface area contributed by atoms with Gasteiger partial charge in [0, 0.05) is 19.8 Å². The van der Waals surface area contributed by atoms with Crippen molar-refractivity contribution >= 4 is 5.91 Å². The number of carbonyl (C=O) groups excluding carboxylic acids is 1. The predicted molar refractivity (Wildman–Crippen MR) is 79.9 cm³/mol. The fourth-order valence-electron chi connectivity index (χ4n) is 3.07. The molecule has 1 aliphatic carbocycles. The van der Waals surface area contributed by atoms with E-state index in [-0.39, 0.29) is 5.91 Å². The van der Waals surface area contributed by atoms with Crippen molar-refractivity contribution in [2.24, 2.45) is 11.8 Å². The van der Waals surface area contributed by atoms with Crippen LogP contribution in [0.2, 0.25) is 0 Å². The average molecular weight is 299 g/mol. The molecular formula is C16H29NO4. The summed E-state index contributed by atoms with van der Waals surface area (Å²) in [6, 6.07) is 0. The van der Waals surface area contributed by atoms with E-state index < -0.39 is 12.2 Å². The van der Waals surface area contributed by atoms with E-state index in [4.69, 9.17) is 9.47 Å². The largest absolute Gasteiger partial charge is 0.381 e. The Bertz CT molecular complexity index is 311. The Balaban J connectivity index is 1.62. The monoisotopic (exact) mass is 299 g/mol. The molecular weight excluding hydrogens is 270 g/mol. The Morgan fingerprint density at radius 1 is 1.24 bits per heavy atom. The van der Waals surface area contributed by atoms with Gasteiger partial charge in [-0.15, -0.1) is 0 Å². The Kier molecular flexibility index (Phi) is 6.93. The highest BCUT2D eigenvalue weighted by atomic mass is 16.5. The molecule has 1 aliphatic heterocycles. The van der Waals surface area contributed by atoms with Crippen molar-refractivity contribution in [2.75, 3.05) is 26.4 Å². The highest BCUT2D eigenvalue weighted by Crippen LogP contribution is 2.23. The maximum Gasteiger partial charge on any atom is 0.251 e. The quantitative estimate of drug-likeness (QED) is 0.747. The number of aliphatic hydroxyl groups excluding tert-OH is 1. The average Bonchev–Trinajstić information content (AvgIpc) is 3.04. The Morgan fingerprint density at radius 3 is 2.57 bits per heavy atom. The van der Waals surface area contributed by atoms with Gasteiger partial charge in [0.15, 0.2) is 6.10 Å². The second-order valence-corrected chi connectivity index (χ2v) is 6.43. The van der Waals surface area contributed by atoms with Crippen LogP contribution < -0.4 is 5.32 Å². The molecule has 1 heterocycles. The lowest BCUT2D eigenvalue weighted by molar-refractivity contribution is -0.138. The van der Waals surface area contributed by atoms with Crippen molar-refractivity contribution in [3.8, 4) is 0 Å². The molecule has 0 radical (unpaired) electrons. The lowest BCUT2D eigenvalue weighted by Crippen LogP contribution is -2.44. The van der Waals surface area contributed by atoms with E-state index in [2.05, 4.69) is 5.32 Å². The van der Waals surface area contributed by atoms with Gasteiger partial charge in [-0.05, 0) is 44.4 Å². The summed E-state index contributed by atoms with van der Waals surface area (Å²) in [7, 11) is 0. The van der Waals surface area contributed by atoms with Gasteiger partial charge in [0.05, 0.1) is 12.7 Å². The Morgan fingerprint density at radius 2 is 1.90 bits per heavy atom. The van der Waals surface area contributed by atoms with Crippen molar-refractivity contribution in [1.29, 1.82) is 0 Å². The van der Waals surface area contributed by atoms with Gasteiger partial charge in [-0.3, -0.25) is 4.79 Å². The first-order chi connectivity index (χ1) is 10.2. The van der Waals surface area contributed by atoms with Crippen molar-refractivity contribution in [1.82, 2.24) is 5.32 Å². The summed E-state index contributed by atoms with van der Waals surface area (Å²) in [5.74, 6) is 0.760. The number of hydrogen-bond acceptors (Lipinski definition) is 4. The first-order valence-corrected chi connectivity index (χ1v) is 8.32. The fourth-order valence-corrected chi connectivity index (χ4v) is 3.07. The molecule has 122 valence electrons. The minimum Gasteiger partial charge on any atom is -0.381 e. The lowest BCUT2D eigenvalue weighted by Gasteiger charge is -2.25. The molecule has 5 heteroatoms. The van der Waals surface area contributed by atoms with E-state index in [0.29, 0.717) is 25.0 Å². The van der Waals surface area contributed by atoms with Crippen LogP contribution in [0.15, 0.2) is 0 Å². The number of rotatable bonds is 7. The molecule has 2 aliphatic rings. The molecule has 1 amide bonds. The molecule has 0 aromatic carbocycles. The van der Waals surface area contributed by atoms with Gasteiger partial charge >= 0.3 is 0 Å². The van der Waals surface area contributed by atoms with Crippen LogP contribution in [-0.2, 0) is 14.3 Å². The number of ether oxygens (including phenoxy) is 2. The Labute approximate surface area is 127 Å². The summed E-state index contributed by atoms with van der Waals surface area (Å²) in [6.07, 6.45) is 5.34. The van der Waals surface area contributed by atoms with Gasteiger partial charge in [-0.1, -0.05) is 12.8 Å². The first-order valence-electron chi connectivity index (χ1n) is 8.32. The van der Waals surface area contributed by atoms with E-state index in [0.717, 1.165) is 26.1 Å². The zero-order valence-corrected chi connectivity index (χ0v) is 13.1. The second-order valence-electron chi connectivity index (χ2n) is 6.43. The molecule has 2 N–H and O–H groups in total.